The highest BCUT2D eigenvalue weighted by Crippen LogP contribution is 2.34. The van der Waals surface area contributed by atoms with E-state index in [9.17, 15) is 14.0 Å². The van der Waals surface area contributed by atoms with Crippen molar-refractivity contribution in [1.82, 2.24) is 0 Å². The summed E-state index contributed by atoms with van der Waals surface area (Å²) in [7, 11) is 3.94. The van der Waals surface area contributed by atoms with E-state index in [-0.39, 0.29) is 41.9 Å². The Balaban J connectivity index is 0.00000380. The highest BCUT2D eigenvalue weighted by atomic mass is 35.5. The Morgan fingerprint density at radius 2 is 1.68 bits per heavy atom. The second-order valence-electron chi connectivity index (χ2n) is 10.1. The maximum atomic E-state index is 14.3. The highest BCUT2D eigenvalue weighted by Gasteiger charge is 2.34. The van der Waals surface area contributed by atoms with Gasteiger partial charge in [0, 0.05) is 49.2 Å². The summed E-state index contributed by atoms with van der Waals surface area (Å²) in [4.78, 5) is 30.0. The first-order chi connectivity index (χ1) is 17.1. The van der Waals surface area contributed by atoms with Gasteiger partial charge in [0.25, 0.3) is 5.91 Å². The van der Waals surface area contributed by atoms with Crippen LogP contribution in [0.25, 0.3) is 0 Å². The minimum atomic E-state index is -0.201. The molecule has 1 fully saturated rings. The number of carbonyl (C=O) groups excluding carboxylic acids is 2. The molecule has 0 aliphatic carbocycles. The standard InChI is InChI=1S/C30H34FN3O2.ClH/c1-19-15-24(29(35)32-25-10-12-26(13-11-25)33(4)5)16-20(2)28(19)34-18-22(14-21(3)30(34)36)17-23-8-6-7-9-27(23)31;/h6-13,15-16,21-22H,14,17-18H2,1-5H3,(H,32,35);1H/t21-,22-;/m1./s1. The molecule has 196 valence electrons. The van der Waals surface area contributed by atoms with E-state index in [1.165, 1.54) is 6.07 Å². The van der Waals surface area contributed by atoms with Crippen molar-refractivity contribution in [3.05, 3.63) is 88.7 Å². The Kier molecular flexibility index (Phi) is 8.98. The van der Waals surface area contributed by atoms with Gasteiger partial charge in [-0.05, 0) is 91.8 Å². The number of hydrogen-bond donors (Lipinski definition) is 1. The molecule has 1 aliphatic rings. The summed E-state index contributed by atoms with van der Waals surface area (Å²) in [5, 5.41) is 2.96. The zero-order valence-electron chi connectivity index (χ0n) is 22.0. The number of nitrogens with one attached hydrogen (secondary N) is 1. The monoisotopic (exact) mass is 523 g/mol. The largest absolute Gasteiger partial charge is 0.378 e. The van der Waals surface area contributed by atoms with Crippen LogP contribution in [0.4, 0.5) is 21.5 Å². The van der Waals surface area contributed by atoms with Gasteiger partial charge in [-0.15, -0.1) is 12.4 Å². The van der Waals surface area contributed by atoms with Crippen LogP contribution in [0.1, 0.15) is 40.4 Å². The van der Waals surface area contributed by atoms with Crippen LogP contribution in [0.15, 0.2) is 60.7 Å². The van der Waals surface area contributed by atoms with Crippen molar-refractivity contribution < 1.29 is 14.0 Å². The Morgan fingerprint density at radius 1 is 1.05 bits per heavy atom. The summed E-state index contributed by atoms with van der Waals surface area (Å²) in [6.07, 6.45) is 1.32. The number of amides is 2. The third kappa shape index (κ3) is 6.31. The average molecular weight is 524 g/mol. The minimum absolute atomic E-state index is 0. The topological polar surface area (TPSA) is 52.7 Å². The van der Waals surface area contributed by atoms with Gasteiger partial charge in [-0.3, -0.25) is 9.59 Å². The van der Waals surface area contributed by atoms with E-state index < -0.39 is 0 Å². The first kappa shape index (κ1) is 28.2. The Labute approximate surface area is 225 Å². The van der Waals surface area contributed by atoms with Gasteiger partial charge in [-0.2, -0.15) is 0 Å². The van der Waals surface area contributed by atoms with E-state index in [1.54, 1.807) is 6.07 Å². The molecule has 0 spiro atoms. The molecule has 0 radical (unpaired) electrons. The Morgan fingerprint density at radius 3 is 2.27 bits per heavy atom. The lowest BCUT2D eigenvalue weighted by atomic mass is 9.84. The molecule has 3 aromatic rings. The van der Waals surface area contributed by atoms with Gasteiger partial charge in [0.2, 0.25) is 5.91 Å². The van der Waals surface area contributed by atoms with Crippen molar-refractivity contribution in [2.45, 2.75) is 33.6 Å². The molecule has 1 saturated heterocycles. The van der Waals surface area contributed by atoms with Crippen molar-refractivity contribution in [2.75, 3.05) is 35.8 Å². The number of carbonyl (C=O) groups is 2. The fourth-order valence-electron chi connectivity index (χ4n) is 5.17. The zero-order chi connectivity index (χ0) is 26.0. The lowest BCUT2D eigenvalue weighted by Crippen LogP contribution is -2.46. The second-order valence-corrected chi connectivity index (χ2v) is 10.1. The Bertz CT molecular complexity index is 1250. The molecule has 2 atom stereocenters. The van der Waals surface area contributed by atoms with E-state index in [0.717, 1.165) is 34.6 Å². The summed E-state index contributed by atoms with van der Waals surface area (Å²) in [5.74, 6) is -0.318. The zero-order valence-corrected chi connectivity index (χ0v) is 22.9. The van der Waals surface area contributed by atoms with Crippen molar-refractivity contribution >= 4 is 41.3 Å². The van der Waals surface area contributed by atoms with Crippen LogP contribution < -0.4 is 15.1 Å². The van der Waals surface area contributed by atoms with Gasteiger partial charge in [-0.25, -0.2) is 4.39 Å². The summed E-state index contributed by atoms with van der Waals surface area (Å²) in [6.45, 7) is 6.34. The molecule has 0 unspecified atom stereocenters. The van der Waals surface area contributed by atoms with E-state index in [1.807, 2.05) is 93.2 Å². The summed E-state index contributed by atoms with van der Waals surface area (Å²) < 4.78 is 14.3. The van der Waals surface area contributed by atoms with Gasteiger partial charge in [0.1, 0.15) is 5.82 Å². The fraction of sp³-hybridized carbons (Fsp3) is 0.333. The maximum absolute atomic E-state index is 14.3. The van der Waals surface area contributed by atoms with Crippen LogP contribution >= 0.6 is 12.4 Å². The van der Waals surface area contributed by atoms with Gasteiger partial charge in [0.05, 0.1) is 0 Å². The molecule has 0 bridgehead atoms. The highest BCUT2D eigenvalue weighted by molar-refractivity contribution is 6.05. The van der Waals surface area contributed by atoms with Crippen LogP contribution in [0, 0.1) is 31.5 Å². The number of aryl methyl sites for hydroxylation is 2. The molecule has 1 aliphatic heterocycles. The molecule has 4 rings (SSSR count). The predicted molar refractivity (Wildman–Crippen MR) is 152 cm³/mol. The van der Waals surface area contributed by atoms with Crippen LogP contribution in [-0.4, -0.2) is 32.5 Å². The molecule has 3 aromatic carbocycles. The molecular formula is C30H35ClFN3O2. The first-order valence-corrected chi connectivity index (χ1v) is 12.4. The normalized spacial score (nSPS) is 17.2. The third-order valence-corrected chi connectivity index (χ3v) is 6.95. The first-order valence-electron chi connectivity index (χ1n) is 12.4. The smallest absolute Gasteiger partial charge is 0.255 e. The third-order valence-electron chi connectivity index (χ3n) is 6.95. The summed E-state index contributed by atoms with van der Waals surface area (Å²) in [6, 6.07) is 18.2. The molecule has 0 aromatic heterocycles. The number of anilines is 3. The van der Waals surface area contributed by atoms with Crippen molar-refractivity contribution in [1.29, 1.82) is 0 Å². The molecule has 2 amide bonds. The van der Waals surface area contributed by atoms with Crippen molar-refractivity contribution in [2.24, 2.45) is 11.8 Å². The number of rotatable bonds is 6. The van der Waals surface area contributed by atoms with Gasteiger partial charge in [-0.1, -0.05) is 25.1 Å². The SMILES string of the molecule is Cc1cc(C(=O)Nc2ccc(N(C)C)cc2)cc(C)c1N1C[C@@H](Cc2ccccc2F)C[C@@H](C)C1=O.Cl. The number of hydrogen-bond acceptors (Lipinski definition) is 3. The summed E-state index contributed by atoms with van der Waals surface area (Å²) >= 11 is 0. The van der Waals surface area contributed by atoms with Gasteiger partial charge in [0.15, 0.2) is 0 Å². The average Bonchev–Trinajstić information content (AvgIpc) is 2.83. The molecule has 7 heteroatoms. The van der Waals surface area contributed by atoms with Crippen LogP contribution in [0.2, 0.25) is 0 Å². The Hall–Kier alpha value is -3.38. The minimum Gasteiger partial charge on any atom is -0.378 e. The molecule has 37 heavy (non-hydrogen) atoms. The molecule has 1 heterocycles. The molecule has 0 saturated carbocycles. The lowest BCUT2D eigenvalue weighted by molar-refractivity contribution is -0.124. The summed E-state index contributed by atoms with van der Waals surface area (Å²) in [5.41, 5.74) is 5.59. The van der Waals surface area contributed by atoms with E-state index in [0.29, 0.717) is 24.1 Å². The molecule has 5 nitrogen and oxygen atoms in total. The van der Waals surface area contributed by atoms with Crippen LogP contribution in [0.5, 0.6) is 0 Å². The fourth-order valence-corrected chi connectivity index (χ4v) is 5.17. The number of halogens is 2. The van der Waals surface area contributed by atoms with E-state index in [2.05, 4.69) is 5.32 Å². The van der Waals surface area contributed by atoms with Crippen molar-refractivity contribution in [3.63, 3.8) is 0 Å². The molecule has 1 N–H and O–H groups in total. The van der Waals surface area contributed by atoms with E-state index >= 15 is 0 Å². The lowest BCUT2D eigenvalue weighted by Gasteiger charge is -2.38. The maximum Gasteiger partial charge on any atom is 0.255 e. The van der Waals surface area contributed by atoms with E-state index in [4.69, 9.17) is 0 Å². The second kappa shape index (κ2) is 11.8. The number of piperidine rings is 1. The van der Waals surface area contributed by atoms with Crippen LogP contribution in [-0.2, 0) is 11.2 Å². The van der Waals surface area contributed by atoms with Gasteiger partial charge >= 0.3 is 0 Å². The quantitative estimate of drug-likeness (QED) is 0.406. The molecular weight excluding hydrogens is 489 g/mol. The van der Waals surface area contributed by atoms with Crippen LogP contribution in [0.3, 0.4) is 0 Å². The van der Waals surface area contributed by atoms with Crippen molar-refractivity contribution in [3.8, 4) is 0 Å². The number of benzene rings is 3. The predicted octanol–water partition coefficient (Wildman–Crippen LogP) is 6.41. The van der Waals surface area contributed by atoms with Gasteiger partial charge < -0.3 is 15.1 Å². The number of nitrogens with zero attached hydrogens (tertiary/aromatic N) is 2.